The topological polar surface area (TPSA) is 66.5 Å². The van der Waals surface area contributed by atoms with Crippen LogP contribution in [-0.4, -0.2) is 17.8 Å². The highest BCUT2D eigenvalue weighted by molar-refractivity contribution is 9.10. The Labute approximate surface area is 151 Å². The van der Waals surface area contributed by atoms with Crippen molar-refractivity contribution in [2.75, 3.05) is 4.90 Å². The number of imide groups is 2. The molecule has 1 saturated heterocycles. The van der Waals surface area contributed by atoms with Crippen LogP contribution in [-0.2, 0) is 9.59 Å². The van der Waals surface area contributed by atoms with Crippen molar-refractivity contribution in [3.63, 3.8) is 0 Å². The van der Waals surface area contributed by atoms with E-state index in [1.165, 1.54) is 6.08 Å². The SMILES string of the molecule is O=C1NC(=O)N(c2cccc(Br)c2)C(=O)/C1=C/c1cccc(Cl)c1. The summed E-state index contributed by atoms with van der Waals surface area (Å²) in [5.41, 5.74) is 0.803. The zero-order valence-electron chi connectivity index (χ0n) is 12.1. The van der Waals surface area contributed by atoms with Gasteiger partial charge in [-0.2, -0.15) is 0 Å². The molecule has 7 heteroatoms. The van der Waals surface area contributed by atoms with E-state index in [-0.39, 0.29) is 5.57 Å². The van der Waals surface area contributed by atoms with Gasteiger partial charge in [-0.25, -0.2) is 9.69 Å². The van der Waals surface area contributed by atoms with E-state index in [9.17, 15) is 14.4 Å². The van der Waals surface area contributed by atoms with Gasteiger partial charge in [-0.15, -0.1) is 0 Å². The van der Waals surface area contributed by atoms with Crippen LogP contribution < -0.4 is 10.2 Å². The maximum Gasteiger partial charge on any atom is 0.335 e. The lowest BCUT2D eigenvalue weighted by Gasteiger charge is -2.26. The molecule has 4 amide bonds. The maximum absolute atomic E-state index is 12.7. The number of halogens is 2. The van der Waals surface area contributed by atoms with Crippen LogP contribution in [0.3, 0.4) is 0 Å². The molecule has 5 nitrogen and oxygen atoms in total. The highest BCUT2D eigenvalue weighted by Crippen LogP contribution is 2.25. The third kappa shape index (κ3) is 3.25. The molecule has 1 heterocycles. The summed E-state index contributed by atoms with van der Waals surface area (Å²) < 4.78 is 0.706. The van der Waals surface area contributed by atoms with E-state index in [1.54, 1.807) is 48.5 Å². The first-order valence-electron chi connectivity index (χ1n) is 6.88. The molecule has 1 N–H and O–H groups in total. The number of carbonyl (C=O) groups is 3. The molecule has 1 fully saturated rings. The number of benzene rings is 2. The number of hydrogen-bond donors (Lipinski definition) is 1. The standard InChI is InChI=1S/C17H10BrClN2O3/c18-11-4-2-6-13(9-11)21-16(23)14(15(22)20-17(21)24)8-10-3-1-5-12(19)7-10/h1-9H,(H,20,22,24)/b14-8+. The Bertz CT molecular complexity index is 895. The maximum atomic E-state index is 12.7. The molecule has 0 unspecified atom stereocenters. The number of barbiturate groups is 1. The van der Waals surface area contributed by atoms with Gasteiger partial charge < -0.3 is 0 Å². The molecule has 0 spiro atoms. The third-order valence-corrected chi connectivity index (χ3v) is 4.06. The number of carbonyl (C=O) groups excluding carboxylic acids is 3. The van der Waals surface area contributed by atoms with Gasteiger partial charge in [0, 0.05) is 9.50 Å². The Morgan fingerprint density at radius 1 is 1.04 bits per heavy atom. The zero-order chi connectivity index (χ0) is 17.3. The van der Waals surface area contributed by atoms with Crippen LogP contribution >= 0.6 is 27.5 Å². The molecule has 2 aromatic rings. The number of anilines is 1. The minimum atomic E-state index is -0.786. The van der Waals surface area contributed by atoms with Gasteiger partial charge in [0.25, 0.3) is 11.8 Å². The molecule has 0 bridgehead atoms. The summed E-state index contributed by atoms with van der Waals surface area (Å²) in [7, 11) is 0. The van der Waals surface area contributed by atoms with Crippen LogP contribution in [0, 0.1) is 0 Å². The fourth-order valence-electron chi connectivity index (χ4n) is 2.27. The molecular formula is C17H10BrClN2O3. The number of urea groups is 1. The van der Waals surface area contributed by atoms with Crippen molar-refractivity contribution >= 4 is 57.1 Å². The molecule has 1 aliphatic rings. The summed E-state index contributed by atoms with van der Waals surface area (Å²) in [5.74, 6) is -1.43. The normalized spacial score (nSPS) is 16.5. The van der Waals surface area contributed by atoms with Gasteiger partial charge in [0.2, 0.25) is 0 Å². The van der Waals surface area contributed by atoms with Crippen molar-refractivity contribution in [1.82, 2.24) is 5.32 Å². The van der Waals surface area contributed by atoms with Gasteiger partial charge in [-0.3, -0.25) is 14.9 Å². The van der Waals surface area contributed by atoms with Crippen LogP contribution in [0.15, 0.2) is 58.6 Å². The lowest BCUT2D eigenvalue weighted by Crippen LogP contribution is -2.54. The van der Waals surface area contributed by atoms with Crippen LogP contribution in [0.4, 0.5) is 10.5 Å². The quantitative estimate of drug-likeness (QED) is 0.611. The van der Waals surface area contributed by atoms with Gasteiger partial charge in [0.05, 0.1) is 5.69 Å². The summed E-state index contributed by atoms with van der Waals surface area (Å²) in [4.78, 5) is 37.7. The molecule has 0 aliphatic carbocycles. The number of amides is 4. The van der Waals surface area contributed by atoms with Crippen molar-refractivity contribution in [3.05, 3.63) is 69.2 Å². The van der Waals surface area contributed by atoms with Crippen molar-refractivity contribution in [3.8, 4) is 0 Å². The van der Waals surface area contributed by atoms with Gasteiger partial charge in [0.1, 0.15) is 5.57 Å². The Kier molecular flexibility index (Phi) is 4.51. The van der Waals surface area contributed by atoms with Gasteiger partial charge >= 0.3 is 6.03 Å². The van der Waals surface area contributed by atoms with Crippen molar-refractivity contribution < 1.29 is 14.4 Å². The first-order chi connectivity index (χ1) is 11.5. The van der Waals surface area contributed by atoms with Gasteiger partial charge in [-0.05, 0) is 42.0 Å². The second kappa shape index (κ2) is 6.59. The molecular weight excluding hydrogens is 396 g/mol. The summed E-state index contributed by atoms with van der Waals surface area (Å²) in [6, 6.07) is 12.6. The third-order valence-electron chi connectivity index (χ3n) is 3.33. The Hall–Kier alpha value is -2.44. The van der Waals surface area contributed by atoms with Crippen LogP contribution in [0.1, 0.15) is 5.56 Å². The number of rotatable bonds is 2. The fraction of sp³-hybridized carbons (Fsp3) is 0. The predicted molar refractivity (Wildman–Crippen MR) is 94.6 cm³/mol. The summed E-state index contributed by atoms with van der Waals surface area (Å²) in [6.07, 6.45) is 1.40. The monoisotopic (exact) mass is 404 g/mol. The number of hydrogen-bond acceptors (Lipinski definition) is 3. The summed E-state index contributed by atoms with van der Waals surface area (Å²) in [6.45, 7) is 0. The molecule has 0 saturated carbocycles. The average molecular weight is 406 g/mol. The van der Waals surface area contributed by atoms with Crippen molar-refractivity contribution in [1.29, 1.82) is 0 Å². The minimum Gasteiger partial charge on any atom is -0.273 e. The van der Waals surface area contributed by atoms with Gasteiger partial charge in [-0.1, -0.05) is 45.7 Å². The molecule has 24 heavy (non-hydrogen) atoms. The van der Waals surface area contributed by atoms with Crippen molar-refractivity contribution in [2.24, 2.45) is 0 Å². The second-order valence-electron chi connectivity index (χ2n) is 4.99. The molecule has 120 valence electrons. The Morgan fingerprint density at radius 3 is 2.50 bits per heavy atom. The molecule has 2 aromatic carbocycles. The highest BCUT2D eigenvalue weighted by Gasteiger charge is 2.36. The van der Waals surface area contributed by atoms with E-state index in [0.29, 0.717) is 20.7 Å². The largest absolute Gasteiger partial charge is 0.335 e. The van der Waals surface area contributed by atoms with Crippen LogP contribution in [0.25, 0.3) is 6.08 Å². The second-order valence-corrected chi connectivity index (χ2v) is 6.34. The number of nitrogens with zero attached hydrogens (tertiary/aromatic N) is 1. The lowest BCUT2D eigenvalue weighted by molar-refractivity contribution is -0.122. The Morgan fingerprint density at radius 2 is 1.79 bits per heavy atom. The summed E-state index contributed by atoms with van der Waals surface area (Å²) >= 11 is 9.21. The van der Waals surface area contributed by atoms with Crippen molar-refractivity contribution in [2.45, 2.75) is 0 Å². The van der Waals surface area contributed by atoms with E-state index in [2.05, 4.69) is 21.2 Å². The van der Waals surface area contributed by atoms with E-state index in [0.717, 1.165) is 4.90 Å². The Balaban J connectivity index is 2.03. The number of nitrogens with one attached hydrogen (secondary N) is 1. The molecule has 3 rings (SSSR count). The van der Waals surface area contributed by atoms with Crippen LogP contribution in [0.5, 0.6) is 0 Å². The minimum absolute atomic E-state index is 0.142. The van der Waals surface area contributed by atoms with E-state index in [4.69, 9.17) is 11.6 Å². The van der Waals surface area contributed by atoms with E-state index >= 15 is 0 Å². The smallest absolute Gasteiger partial charge is 0.273 e. The molecule has 0 aromatic heterocycles. The lowest BCUT2D eigenvalue weighted by atomic mass is 10.1. The van der Waals surface area contributed by atoms with E-state index in [1.807, 2.05) is 0 Å². The summed E-state index contributed by atoms with van der Waals surface area (Å²) in [5, 5.41) is 2.65. The molecule has 0 atom stereocenters. The first kappa shape index (κ1) is 16.4. The predicted octanol–water partition coefficient (Wildman–Crippen LogP) is 3.77. The zero-order valence-corrected chi connectivity index (χ0v) is 14.5. The average Bonchev–Trinajstić information content (AvgIpc) is 2.51. The fourth-order valence-corrected chi connectivity index (χ4v) is 2.86. The first-order valence-corrected chi connectivity index (χ1v) is 8.05. The molecule has 0 radical (unpaired) electrons. The molecule has 1 aliphatic heterocycles. The van der Waals surface area contributed by atoms with Crippen LogP contribution in [0.2, 0.25) is 5.02 Å². The highest BCUT2D eigenvalue weighted by atomic mass is 79.9. The van der Waals surface area contributed by atoms with Gasteiger partial charge in [0.15, 0.2) is 0 Å². The van der Waals surface area contributed by atoms with E-state index < -0.39 is 17.8 Å².